The Morgan fingerprint density at radius 1 is 1.50 bits per heavy atom. The molecule has 0 aliphatic heterocycles. The van der Waals surface area contributed by atoms with Crippen LogP contribution in [0.4, 0.5) is 5.13 Å². The molecule has 0 saturated carbocycles. The van der Waals surface area contributed by atoms with Crippen molar-refractivity contribution in [3.63, 3.8) is 0 Å². The van der Waals surface area contributed by atoms with Gasteiger partial charge in [0.15, 0.2) is 5.13 Å². The minimum atomic E-state index is -0.509. The molecule has 0 radical (unpaired) electrons. The fraction of sp³-hybridized carbons (Fsp3) is 0.286. The third-order valence-corrected chi connectivity index (χ3v) is 4.59. The Kier molecular flexibility index (Phi) is 8.20. The molecule has 0 aliphatic carbocycles. The van der Waals surface area contributed by atoms with Crippen LogP contribution in [0.1, 0.15) is 6.42 Å². The van der Waals surface area contributed by atoms with Crippen molar-refractivity contribution in [3.8, 4) is 11.3 Å². The van der Waals surface area contributed by atoms with E-state index in [9.17, 15) is 4.79 Å². The molecule has 1 heterocycles. The van der Waals surface area contributed by atoms with Crippen LogP contribution in [-0.2, 0) is 4.79 Å². The molecule has 0 bridgehead atoms. The Bertz CT molecular complexity index is 622. The third kappa shape index (κ3) is 5.14. The van der Waals surface area contributed by atoms with Gasteiger partial charge in [-0.1, -0.05) is 29.8 Å². The molecule has 4 nitrogen and oxygen atoms in total. The lowest BCUT2D eigenvalue weighted by Gasteiger charge is -2.09. The predicted molar refractivity (Wildman–Crippen MR) is 99.4 cm³/mol. The number of nitrogens with one attached hydrogen (secondary N) is 1. The Labute approximate surface area is 149 Å². The fourth-order valence-corrected chi connectivity index (χ4v) is 3.13. The average Bonchev–Trinajstić information content (AvgIpc) is 2.93. The number of carbonyl (C=O) groups excluding carboxylic acids is 1. The molecule has 120 valence electrons. The molecule has 1 amide bonds. The maximum Gasteiger partial charge on any atom is 0.243 e. The van der Waals surface area contributed by atoms with Gasteiger partial charge in [-0.3, -0.25) is 4.79 Å². The van der Waals surface area contributed by atoms with E-state index in [1.54, 1.807) is 11.8 Å². The zero-order valence-electron chi connectivity index (χ0n) is 11.9. The first-order valence-electron chi connectivity index (χ1n) is 6.37. The normalized spacial score (nSPS) is 11.6. The molecule has 2 aromatic rings. The summed E-state index contributed by atoms with van der Waals surface area (Å²) in [5.41, 5.74) is 7.42. The number of aromatic nitrogens is 1. The van der Waals surface area contributed by atoms with Gasteiger partial charge in [-0.25, -0.2) is 4.98 Å². The van der Waals surface area contributed by atoms with Gasteiger partial charge in [0.05, 0.1) is 11.7 Å². The Morgan fingerprint density at radius 3 is 2.91 bits per heavy atom. The molecule has 8 heteroatoms. The van der Waals surface area contributed by atoms with Crippen LogP contribution < -0.4 is 11.1 Å². The largest absolute Gasteiger partial charge is 0.320 e. The Morgan fingerprint density at radius 2 is 2.23 bits per heavy atom. The van der Waals surface area contributed by atoms with Crippen molar-refractivity contribution in [1.82, 2.24) is 4.98 Å². The summed E-state index contributed by atoms with van der Waals surface area (Å²) < 4.78 is 0. The number of thiazole rings is 1. The molecule has 0 aliphatic rings. The van der Waals surface area contributed by atoms with Crippen LogP contribution in [0.3, 0.4) is 0 Å². The molecule has 0 unspecified atom stereocenters. The number of rotatable bonds is 6. The van der Waals surface area contributed by atoms with Gasteiger partial charge < -0.3 is 11.1 Å². The molecule has 22 heavy (non-hydrogen) atoms. The van der Waals surface area contributed by atoms with Crippen LogP contribution in [0, 0.1) is 0 Å². The van der Waals surface area contributed by atoms with Gasteiger partial charge >= 0.3 is 0 Å². The number of carbonyl (C=O) groups is 1. The molecule has 0 saturated heterocycles. The average molecular weight is 378 g/mol. The third-order valence-electron chi connectivity index (χ3n) is 2.85. The molecule has 0 fully saturated rings. The lowest BCUT2D eigenvalue weighted by atomic mass is 10.2. The molecule has 3 N–H and O–H groups in total. The highest BCUT2D eigenvalue weighted by molar-refractivity contribution is 7.98. The Hall–Kier alpha value is -0.790. The van der Waals surface area contributed by atoms with Crippen LogP contribution in [0.15, 0.2) is 29.6 Å². The maximum atomic E-state index is 11.9. The highest BCUT2D eigenvalue weighted by atomic mass is 35.5. The van der Waals surface area contributed by atoms with Crippen LogP contribution in [-0.4, -0.2) is 28.9 Å². The minimum Gasteiger partial charge on any atom is -0.320 e. The minimum absolute atomic E-state index is 0. The SMILES string of the molecule is CSCC[C@H](N)C(=O)Nc1nc(-c2ccccc2Cl)cs1.Cl. The predicted octanol–water partition coefficient (Wildman–Crippen LogP) is 3.90. The molecule has 0 spiro atoms. The number of amides is 1. The maximum absolute atomic E-state index is 11.9. The number of nitrogens with zero attached hydrogens (tertiary/aromatic N) is 1. The summed E-state index contributed by atoms with van der Waals surface area (Å²) in [5.74, 6) is 0.654. The van der Waals surface area contributed by atoms with Crippen molar-refractivity contribution in [2.75, 3.05) is 17.3 Å². The first-order chi connectivity index (χ1) is 10.1. The van der Waals surface area contributed by atoms with E-state index in [1.807, 2.05) is 35.9 Å². The van der Waals surface area contributed by atoms with E-state index in [0.29, 0.717) is 16.6 Å². The molecule has 1 aromatic carbocycles. The number of benzene rings is 1. The van der Waals surface area contributed by atoms with E-state index < -0.39 is 6.04 Å². The zero-order valence-corrected chi connectivity index (χ0v) is 15.1. The van der Waals surface area contributed by atoms with Crippen LogP contribution >= 0.6 is 47.1 Å². The standard InChI is InChI=1S/C14H16ClN3OS2.ClH/c1-20-7-6-11(16)13(19)18-14-17-12(8-21-14)9-4-2-3-5-10(9)15;/h2-5,8,11H,6-7,16H2,1H3,(H,17,18,19);1H/t11-;/m0./s1. The highest BCUT2D eigenvalue weighted by Crippen LogP contribution is 2.30. The zero-order chi connectivity index (χ0) is 15.2. The fourth-order valence-electron chi connectivity index (χ4n) is 1.70. The highest BCUT2D eigenvalue weighted by Gasteiger charge is 2.15. The quantitative estimate of drug-likeness (QED) is 0.800. The van der Waals surface area contributed by atoms with Gasteiger partial charge in [-0.15, -0.1) is 23.7 Å². The van der Waals surface area contributed by atoms with E-state index in [1.165, 1.54) is 11.3 Å². The smallest absolute Gasteiger partial charge is 0.243 e. The van der Waals surface area contributed by atoms with Crippen molar-refractivity contribution >= 4 is 58.1 Å². The second-order valence-electron chi connectivity index (χ2n) is 4.39. The van der Waals surface area contributed by atoms with Crippen LogP contribution in [0.5, 0.6) is 0 Å². The van der Waals surface area contributed by atoms with Crippen LogP contribution in [0.25, 0.3) is 11.3 Å². The number of hydrogen-bond donors (Lipinski definition) is 2. The monoisotopic (exact) mass is 377 g/mol. The second kappa shape index (κ2) is 9.37. The number of anilines is 1. The van der Waals surface area contributed by atoms with E-state index in [4.69, 9.17) is 17.3 Å². The van der Waals surface area contributed by atoms with Gasteiger partial charge in [-0.2, -0.15) is 11.8 Å². The summed E-state index contributed by atoms with van der Waals surface area (Å²) in [6.45, 7) is 0. The van der Waals surface area contributed by atoms with E-state index >= 15 is 0 Å². The van der Waals surface area contributed by atoms with Crippen molar-refractivity contribution in [1.29, 1.82) is 0 Å². The van der Waals surface area contributed by atoms with Gasteiger partial charge in [0.25, 0.3) is 0 Å². The second-order valence-corrected chi connectivity index (χ2v) is 6.65. The van der Waals surface area contributed by atoms with Crippen molar-refractivity contribution in [2.24, 2.45) is 5.73 Å². The summed E-state index contributed by atoms with van der Waals surface area (Å²) >= 11 is 9.17. The van der Waals surface area contributed by atoms with Gasteiger partial charge in [-0.05, 0) is 24.5 Å². The van der Waals surface area contributed by atoms with Gasteiger partial charge in [0.1, 0.15) is 0 Å². The number of halogens is 2. The molecular formula is C14H17Cl2N3OS2. The topological polar surface area (TPSA) is 68.0 Å². The summed E-state index contributed by atoms with van der Waals surface area (Å²) in [6.07, 6.45) is 2.64. The van der Waals surface area contributed by atoms with Crippen molar-refractivity contribution in [3.05, 3.63) is 34.7 Å². The van der Waals surface area contributed by atoms with Gasteiger partial charge in [0.2, 0.25) is 5.91 Å². The summed E-state index contributed by atoms with van der Waals surface area (Å²) in [6, 6.07) is 6.97. The summed E-state index contributed by atoms with van der Waals surface area (Å²) in [7, 11) is 0. The Balaban J connectivity index is 0.00000242. The number of nitrogens with two attached hydrogens (primary N) is 1. The van der Waals surface area contributed by atoms with Crippen LogP contribution in [0.2, 0.25) is 5.02 Å². The summed E-state index contributed by atoms with van der Waals surface area (Å²) in [4.78, 5) is 16.3. The van der Waals surface area contributed by atoms with E-state index in [-0.39, 0.29) is 18.3 Å². The van der Waals surface area contributed by atoms with Crippen molar-refractivity contribution < 1.29 is 4.79 Å². The molecule has 2 rings (SSSR count). The number of hydrogen-bond acceptors (Lipinski definition) is 5. The molecule has 1 atom stereocenters. The van der Waals surface area contributed by atoms with Gasteiger partial charge in [0, 0.05) is 16.0 Å². The first-order valence-corrected chi connectivity index (χ1v) is 9.02. The summed E-state index contributed by atoms with van der Waals surface area (Å²) in [5, 5.41) is 5.79. The molecule has 1 aromatic heterocycles. The number of thioether (sulfide) groups is 1. The molecular weight excluding hydrogens is 361 g/mol. The van der Waals surface area contributed by atoms with Crippen molar-refractivity contribution in [2.45, 2.75) is 12.5 Å². The van der Waals surface area contributed by atoms with E-state index in [2.05, 4.69) is 10.3 Å². The lowest BCUT2D eigenvalue weighted by Crippen LogP contribution is -2.36. The first kappa shape index (κ1) is 19.3. The lowest BCUT2D eigenvalue weighted by molar-refractivity contribution is -0.117. The van der Waals surface area contributed by atoms with E-state index in [0.717, 1.165) is 17.0 Å².